The fourth-order valence-electron chi connectivity index (χ4n) is 4.88. The molecule has 0 saturated carbocycles. The Morgan fingerprint density at radius 2 is 1.86 bits per heavy atom. The van der Waals surface area contributed by atoms with Crippen molar-refractivity contribution in [1.29, 1.82) is 0 Å². The second kappa shape index (κ2) is 13.3. The standard InChI is InChI=1S/C31H37ClFN7O4/c1-31(2,3)44-30(42)40-15-16-43-28-25(19-24(36-29(28)40)22-17-20(32)5-6-23(22)33)35-21-7-9-34-26(18-21)37-27(41)8-10-39-13-11-38(4)12-14-39/h5-7,9,17-19H,8,10-16H2,1-4H3,(H2,34,35,36,37,41). The highest BCUT2D eigenvalue weighted by Gasteiger charge is 2.32. The van der Waals surface area contributed by atoms with Gasteiger partial charge in [-0.3, -0.25) is 9.69 Å². The molecule has 2 aliphatic rings. The third-order valence-corrected chi connectivity index (χ3v) is 7.38. The molecule has 44 heavy (non-hydrogen) atoms. The summed E-state index contributed by atoms with van der Waals surface area (Å²) < 4.78 is 26.6. The molecule has 0 aliphatic carbocycles. The van der Waals surface area contributed by atoms with E-state index in [1.807, 2.05) is 0 Å². The highest BCUT2D eigenvalue weighted by atomic mass is 35.5. The molecule has 1 saturated heterocycles. The van der Waals surface area contributed by atoms with Crippen molar-refractivity contribution in [2.75, 3.05) is 68.5 Å². The summed E-state index contributed by atoms with van der Waals surface area (Å²) in [4.78, 5) is 40.7. The number of nitrogens with one attached hydrogen (secondary N) is 2. The Kier molecular flexibility index (Phi) is 9.52. The van der Waals surface area contributed by atoms with Crippen molar-refractivity contribution in [2.24, 2.45) is 0 Å². The molecule has 5 rings (SSSR count). The lowest BCUT2D eigenvalue weighted by Crippen LogP contribution is -2.45. The van der Waals surface area contributed by atoms with Crippen LogP contribution < -0.4 is 20.3 Å². The molecule has 11 nitrogen and oxygen atoms in total. The van der Waals surface area contributed by atoms with Gasteiger partial charge in [0.15, 0.2) is 11.6 Å². The molecule has 2 aliphatic heterocycles. The lowest BCUT2D eigenvalue weighted by molar-refractivity contribution is -0.116. The number of amides is 2. The molecule has 2 aromatic heterocycles. The van der Waals surface area contributed by atoms with E-state index in [9.17, 15) is 14.0 Å². The van der Waals surface area contributed by atoms with Crippen molar-refractivity contribution in [3.63, 3.8) is 0 Å². The first-order chi connectivity index (χ1) is 20.9. The maximum absolute atomic E-state index is 15.0. The lowest BCUT2D eigenvalue weighted by Gasteiger charge is -2.32. The average Bonchev–Trinajstić information content (AvgIpc) is 2.97. The Morgan fingerprint density at radius 3 is 2.61 bits per heavy atom. The van der Waals surface area contributed by atoms with Crippen LogP contribution in [-0.4, -0.2) is 90.3 Å². The maximum Gasteiger partial charge on any atom is 0.416 e. The number of fused-ring (bicyclic) bond motifs is 1. The molecule has 4 heterocycles. The van der Waals surface area contributed by atoms with E-state index in [4.69, 9.17) is 21.1 Å². The van der Waals surface area contributed by atoms with Gasteiger partial charge in [0.1, 0.15) is 23.8 Å². The van der Waals surface area contributed by atoms with Gasteiger partial charge in [-0.05, 0) is 58.2 Å². The van der Waals surface area contributed by atoms with Crippen molar-refractivity contribution in [2.45, 2.75) is 32.8 Å². The molecule has 0 unspecified atom stereocenters. The van der Waals surface area contributed by atoms with Crippen LogP contribution >= 0.6 is 11.6 Å². The van der Waals surface area contributed by atoms with Gasteiger partial charge in [-0.2, -0.15) is 0 Å². The normalized spacial score (nSPS) is 15.7. The third-order valence-electron chi connectivity index (χ3n) is 7.15. The number of carbonyl (C=O) groups excluding carboxylic acids is 2. The molecule has 2 amide bonds. The van der Waals surface area contributed by atoms with Gasteiger partial charge in [0, 0.05) is 67.7 Å². The van der Waals surface area contributed by atoms with E-state index in [0.717, 1.165) is 26.2 Å². The average molecular weight is 626 g/mol. The number of hydrogen-bond donors (Lipinski definition) is 2. The predicted octanol–water partition coefficient (Wildman–Crippen LogP) is 5.39. The van der Waals surface area contributed by atoms with Crippen LogP contribution in [0.3, 0.4) is 0 Å². The molecule has 0 radical (unpaired) electrons. The summed E-state index contributed by atoms with van der Waals surface area (Å²) in [5, 5.41) is 6.48. The van der Waals surface area contributed by atoms with Crippen LogP contribution in [0.25, 0.3) is 11.3 Å². The first kappa shape index (κ1) is 31.4. The van der Waals surface area contributed by atoms with Crippen molar-refractivity contribution < 1.29 is 23.5 Å². The molecule has 0 atom stereocenters. The zero-order chi connectivity index (χ0) is 31.4. The quantitative estimate of drug-likeness (QED) is 0.357. The molecule has 13 heteroatoms. The Hall–Kier alpha value is -4.00. The monoisotopic (exact) mass is 625 g/mol. The van der Waals surface area contributed by atoms with E-state index in [-0.39, 0.29) is 36.1 Å². The summed E-state index contributed by atoms with van der Waals surface area (Å²) in [5.74, 6) is 0.182. The topological polar surface area (TPSA) is 112 Å². The van der Waals surface area contributed by atoms with Crippen LogP contribution in [0.4, 0.5) is 32.2 Å². The fraction of sp³-hybridized carbons (Fsp3) is 0.419. The number of halogens is 2. The first-order valence-corrected chi connectivity index (χ1v) is 14.9. The van der Waals surface area contributed by atoms with Crippen LogP contribution in [0.2, 0.25) is 5.02 Å². The van der Waals surface area contributed by atoms with Gasteiger partial charge in [-0.15, -0.1) is 0 Å². The number of likely N-dealkylation sites (N-methyl/N-ethyl adjacent to an activating group) is 1. The molecule has 2 N–H and O–H groups in total. The van der Waals surface area contributed by atoms with Gasteiger partial charge in [0.2, 0.25) is 5.91 Å². The molecule has 0 bridgehead atoms. The lowest BCUT2D eigenvalue weighted by atomic mass is 10.1. The van der Waals surface area contributed by atoms with E-state index in [1.54, 1.807) is 45.2 Å². The Bertz CT molecular complexity index is 1530. The number of hydrogen-bond acceptors (Lipinski definition) is 9. The van der Waals surface area contributed by atoms with Gasteiger partial charge in [0.25, 0.3) is 0 Å². The summed E-state index contributed by atoms with van der Waals surface area (Å²) in [7, 11) is 2.10. The Balaban J connectivity index is 1.41. The van der Waals surface area contributed by atoms with Gasteiger partial charge in [0.05, 0.1) is 17.9 Å². The number of nitrogens with zero attached hydrogens (tertiary/aromatic N) is 5. The number of carbonyl (C=O) groups is 2. The first-order valence-electron chi connectivity index (χ1n) is 14.5. The van der Waals surface area contributed by atoms with E-state index in [2.05, 4.69) is 37.4 Å². The molecular formula is C31H37ClFN7O4. The zero-order valence-corrected chi connectivity index (χ0v) is 26.1. The van der Waals surface area contributed by atoms with Gasteiger partial charge < -0.3 is 29.9 Å². The van der Waals surface area contributed by atoms with Crippen LogP contribution in [0.1, 0.15) is 27.2 Å². The number of piperazine rings is 1. The number of ether oxygens (including phenoxy) is 2. The minimum Gasteiger partial charge on any atom is -0.486 e. The molecule has 1 fully saturated rings. The molecular weight excluding hydrogens is 589 g/mol. The molecule has 3 aromatic rings. The maximum atomic E-state index is 15.0. The number of pyridine rings is 2. The summed E-state index contributed by atoms with van der Waals surface area (Å²) in [6.45, 7) is 10.2. The van der Waals surface area contributed by atoms with Gasteiger partial charge in [-0.1, -0.05) is 11.6 Å². The minimum absolute atomic E-state index is 0.134. The largest absolute Gasteiger partial charge is 0.486 e. The Morgan fingerprint density at radius 1 is 1.09 bits per heavy atom. The van der Waals surface area contributed by atoms with E-state index >= 15 is 0 Å². The van der Waals surface area contributed by atoms with Crippen molar-refractivity contribution in [3.8, 4) is 17.0 Å². The number of anilines is 4. The zero-order valence-electron chi connectivity index (χ0n) is 25.3. The predicted molar refractivity (Wildman–Crippen MR) is 168 cm³/mol. The summed E-state index contributed by atoms with van der Waals surface area (Å²) in [6.07, 6.45) is 1.32. The second-order valence-electron chi connectivity index (χ2n) is 11.8. The Labute approximate surface area is 261 Å². The number of aromatic nitrogens is 2. The fourth-order valence-corrected chi connectivity index (χ4v) is 5.05. The SMILES string of the molecule is CN1CCN(CCC(=O)Nc2cc(Nc3cc(-c4cc(Cl)ccc4F)nc4c3OCCN4C(=O)OC(C)(C)C)ccn2)CC1. The number of benzene rings is 1. The molecule has 0 spiro atoms. The second-order valence-corrected chi connectivity index (χ2v) is 12.2. The van der Waals surface area contributed by atoms with Crippen LogP contribution in [0.5, 0.6) is 5.75 Å². The minimum atomic E-state index is -0.740. The highest BCUT2D eigenvalue weighted by Crippen LogP contribution is 2.42. The molecule has 1 aromatic carbocycles. The number of rotatable bonds is 7. The van der Waals surface area contributed by atoms with E-state index in [0.29, 0.717) is 40.9 Å². The third kappa shape index (κ3) is 7.93. The summed E-state index contributed by atoms with van der Waals surface area (Å²) in [5.41, 5.74) is 0.655. The van der Waals surface area contributed by atoms with Crippen molar-refractivity contribution in [1.82, 2.24) is 19.8 Å². The summed E-state index contributed by atoms with van der Waals surface area (Å²) >= 11 is 6.20. The summed E-state index contributed by atoms with van der Waals surface area (Å²) in [6, 6.07) is 9.22. The smallest absolute Gasteiger partial charge is 0.416 e. The van der Waals surface area contributed by atoms with E-state index in [1.165, 1.54) is 23.1 Å². The van der Waals surface area contributed by atoms with Crippen LogP contribution in [-0.2, 0) is 9.53 Å². The van der Waals surface area contributed by atoms with Crippen LogP contribution in [0.15, 0.2) is 42.6 Å². The van der Waals surface area contributed by atoms with E-state index < -0.39 is 17.5 Å². The van der Waals surface area contributed by atoms with Crippen molar-refractivity contribution >= 4 is 46.6 Å². The molecule has 234 valence electrons. The van der Waals surface area contributed by atoms with Crippen LogP contribution in [0, 0.1) is 5.82 Å². The van der Waals surface area contributed by atoms with Gasteiger partial charge >= 0.3 is 6.09 Å². The van der Waals surface area contributed by atoms with Crippen molar-refractivity contribution in [3.05, 3.63) is 53.4 Å². The van der Waals surface area contributed by atoms with Gasteiger partial charge in [-0.25, -0.2) is 19.2 Å². The highest BCUT2D eigenvalue weighted by molar-refractivity contribution is 6.30.